The monoisotopic (exact) mass is 229 g/mol. The van der Waals surface area contributed by atoms with Gasteiger partial charge in [0.2, 0.25) is 0 Å². The molecule has 1 unspecified atom stereocenters. The van der Waals surface area contributed by atoms with E-state index in [0.29, 0.717) is 5.75 Å². The van der Waals surface area contributed by atoms with Crippen LogP contribution in [0.1, 0.15) is 22.9 Å². The molecule has 0 fully saturated rings. The number of hydrogen-bond donors (Lipinski definition) is 1. The van der Waals surface area contributed by atoms with Crippen LogP contribution in [0.15, 0.2) is 36.8 Å². The lowest BCUT2D eigenvalue weighted by molar-refractivity contribution is 0.412. The zero-order chi connectivity index (χ0) is 12.3. The van der Waals surface area contributed by atoms with E-state index in [4.69, 9.17) is 10.5 Å². The summed E-state index contributed by atoms with van der Waals surface area (Å²) >= 11 is 0. The Morgan fingerprint density at radius 1 is 1.29 bits per heavy atom. The van der Waals surface area contributed by atoms with E-state index in [1.165, 1.54) is 0 Å². The summed E-state index contributed by atoms with van der Waals surface area (Å²) in [6.07, 6.45) is 5.15. The van der Waals surface area contributed by atoms with Crippen LogP contribution in [0.4, 0.5) is 0 Å². The van der Waals surface area contributed by atoms with E-state index in [1.54, 1.807) is 25.7 Å². The number of ether oxygens (including phenoxy) is 1. The Kier molecular flexibility index (Phi) is 3.35. The summed E-state index contributed by atoms with van der Waals surface area (Å²) in [7, 11) is 1.61. The molecule has 0 spiro atoms. The molecule has 2 heterocycles. The Balaban J connectivity index is 2.33. The van der Waals surface area contributed by atoms with E-state index in [0.717, 1.165) is 16.8 Å². The van der Waals surface area contributed by atoms with Crippen molar-refractivity contribution in [2.24, 2.45) is 5.73 Å². The topological polar surface area (TPSA) is 61.0 Å². The van der Waals surface area contributed by atoms with Gasteiger partial charge in [0.25, 0.3) is 0 Å². The molecule has 2 aromatic heterocycles. The van der Waals surface area contributed by atoms with Crippen LogP contribution in [-0.2, 0) is 0 Å². The SMILES string of the molecule is COc1cncc(C(N)c2cc(C)ccn2)c1. The Morgan fingerprint density at radius 3 is 2.82 bits per heavy atom. The molecule has 2 rings (SSSR count). The molecule has 0 aromatic carbocycles. The molecule has 0 aliphatic rings. The number of nitrogens with zero attached hydrogens (tertiary/aromatic N) is 2. The minimum Gasteiger partial charge on any atom is -0.495 e. The molecule has 17 heavy (non-hydrogen) atoms. The van der Waals surface area contributed by atoms with E-state index in [9.17, 15) is 0 Å². The van der Waals surface area contributed by atoms with E-state index >= 15 is 0 Å². The molecular weight excluding hydrogens is 214 g/mol. The first-order valence-electron chi connectivity index (χ1n) is 5.38. The van der Waals surface area contributed by atoms with Crippen LogP contribution in [0.3, 0.4) is 0 Å². The smallest absolute Gasteiger partial charge is 0.137 e. The predicted octanol–water partition coefficient (Wildman–Crippen LogP) is 1.84. The molecule has 88 valence electrons. The molecule has 4 heteroatoms. The van der Waals surface area contributed by atoms with Gasteiger partial charge < -0.3 is 10.5 Å². The van der Waals surface area contributed by atoms with Crippen molar-refractivity contribution < 1.29 is 4.74 Å². The van der Waals surface area contributed by atoms with Crippen LogP contribution in [0.5, 0.6) is 5.75 Å². The average Bonchev–Trinajstić information content (AvgIpc) is 2.38. The van der Waals surface area contributed by atoms with E-state index in [1.807, 2.05) is 25.1 Å². The summed E-state index contributed by atoms with van der Waals surface area (Å²) < 4.78 is 5.13. The molecule has 2 N–H and O–H groups in total. The summed E-state index contributed by atoms with van der Waals surface area (Å²) in [5.74, 6) is 0.700. The maximum Gasteiger partial charge on any atom is 0.137 e. The zero-order valence-corrected chi connectivity index (χ0v) is 9.92. The van der Waals surface area contributed by atoms with Gasteiger partial charge in [-0.05, 0) is 36.2 Å². The molecule has 4 nitrogen and oxygen atoms in total. The molecule has 2 aromatic rings. The zero-order valence-electron chi connectivity index (χ0n) is 9.92. The summed E-state index contributed by atoms with van der Waals surface area (Å²) in [6, 6.07) is 5.52. The lowest BCUT2D eigenvalue weighted by Crippen LogP contribution is -2.14. The number of rotatable bonds is 3. The fourth-order valence-corrected chi connectivity index (χ4v) is 1.62. The number of aromatic nitrogens is 2. The second-order valence-corrected chi connectivity index (χ2v) is 3.89. The van der Waals surface area contributed by atoms with Crippen molar-refractivity contribution in [3.8, 4) is 5.75 Å². The van der Waals surface area contributed by atoms with Crippen LogP contribution in [0.25, 0.3) is 0 Å². The number of nitrogens with two attached hydrogens (primary N) is 1. The molecule has 0 saturated heterocycles. The summed E-state index contributed by atoms with van der Waals surface area (Å²) in [5.41, 5.74) is 9.02. The number of methoxy groups -OCH3 is 1. The normalized spacial score (nSPS) is 12.2. The Bertz CT molecular complexity index is 514. The van der Waals surface area contributed by atoms with E-state index in [-0.39, 0.29) is 6.04 Å². The third-order valence-corrected chi connectivity index (χ3v) is 2.58. The fraction of sp³-hybridized carbons (Fsp3) is 0.231. The van der Waals surface area contributed by atoms with Gasteiger partial charge in [0.15, 0.2) is 0 Å². The van der Waals surface area contributed by atoms with Gasteiger partial charge in [0.05, 0.1) is 25.0 Å². The molecule has 0 bridgehead atoms. The van der Waals surface area contributed by atoms with E-state index in [2.05, 4.69) is 9.97 Å². The number of pyridine rings is 2. The van der Waals surface area contributed by atoms with Crippen molar-refractivity contribution in [2.75, 3.05) is 7.11 Å². The molecule has 0 aliphatic heterocycles. The maximum atomic E-state index is 6.15. The molecule has 0 amide bonds. The lowest BCUT2D eigenvalue weighted by atomic mass is 10.0. The van der Waals surface area contributed by atoms with Crippen molar-refractivity contribution in [3.63, 3.8) is 0 Å². The second-order valence-electron chi connectivity index (χ2n) is 3.89. The van der Waals surface area contributed by atoms with Crippen LogP contribution in [-0.4, -0.2) is 17.1 Å². The largest absolute Gasteiger partial charge is 0.495 e. The third-order valence-electron chi connectivity index (χ3n) is 2.58. The quantitative estimate of drug-likeness (QED) is 0.872. The number of aryl methyl sites for hydroxylation is 1. The summed E-state index contributed by atoms with van der Waals surface area (Å²) in [5, 5.41) is 0. The number of hydrogen-bond acceptors (Lipinski definition) is 4. The van der Waals surface area contributed by atoms with Gasteiger partial charge >= 0.3 is 0 Å². The fourth-order valence-electron chi connectivity index (χ4n) is 1.62. The molecule has 0 saturated carbocycles. The van der Waals surface area contributed by atoms with Crippen molar-refractivity contribution in [1.82, 2.24) is 9.97 Å². The lowest BCUT2D eigenvalue weighted by Gasteiger charge is -2.12. The highest BCUT2D eigenvalue weighted by atomic mass is 16.5. The first kappa shape index (κ1) is 11.5. The van der Waals surface area contributed by atoms with Crippen LogP contribution < -0.4 is 10.5 Å². The Morgan fingerprint density at radius 2 is 2.12 bits per heavy atom. The standard InChI is InChI=1S/C13H15N3O/c1-9-3-4-16-12(5-9)13(14)10-6-11(17-2)8-15-7-10/h3-8,13H,14H2,1-2H3. The summed E-state index contributed by atoms with van der Waals surface area (Å²) in [6.45, 7) is 2.02. The van der Waals surface area contributed by atoms with Crippen molar-refractivity contribution >= 4 is 0 Å². The minimum absolute atomic E-state index is 0.280. The average molecular weight is 229 g/mol. The molecule has 1 atom stereocenters. The van der Waals surface area contributed by atoms with Crippen molar-refractivity contribution in [2.45, 2.75) is 13.0 Å². The maximum absolute atomic E-state index is 6.15. The van der Waals surface area contributed by atoms with Gasteiger partial charge in [-0.1, -0.05) is 0 Å². The Hall–Kier alpha value is -1.94. The van der Waals surface area contributed by atoms with Crippen LogP contribution in [0.2, 0.25) is 0 Å². The molecule has 0 aliphatic carbocycles. The van der Waals surface area contributed by atoms with Gasteiger partial charge in [0, 0.05) is 12.4 Å². The van der Waals surface area contributed by atoms with Crippen LogP contribution in [0, 0.1) is 6.92 Å². The highest BCUT2D eigenvalue weighted by Crippen LogP contribution is 2.20. The highest BCUT2D eigenvalue weighted by Gasteiger charge is 2.11. The molecule has 0 radical (unpaired) electrons. The van der Waals surface area contributed by atoms with Gasteiger partial charge in [-0.3, -0.25) is 9.97 Å². The van der Waals surface area contributed by atoms with Gasteiger partial charge in [0.1, 0.15) is 5.75 Å². The van der Waals surface area contributed by atoms with Gasteiger partial charge in [-0.25, -0.2) is 0 Å². The Labute approximate surface area is 100 Å². The second kappa shape index (κ2) is 4.93. The third kappa shape index (κ3) is 2.60. The van der Waals surface area contributed by atoms with Crippen molar-refractivity contribution in [3.05, 3.63) is 53.6 Å². The first-order chi connectivity index (χ1) is 8.20. The van der Waals surface area contributed by atoms with Crippen molar-refractivity contribution in [1.29, 1.82) is 0 Å². The molecular formula is C13H15N3O. The van der Waals surface area contributed by atoms with Gasteiger partial charge in [-0.2, -0.15) is 0 Å². The van der Waals surface area contributed by atoms with Gasteiger partial charge in [-0.15, -0.1) is 0 Å². The van der Waals surface area contributed by atoms with Crippen LogP contribution >= 0.6 is 0 Å². The summed E-state index contributed by atoms with van der Waals surface area (Å²) in [4.78, 5) is 8.37. The minimum atomic E-state index is -0.280. The first-order valence-corrected chi connectivity index (χ1v) is 5.38. The predicted molar refractivity (Wildman–Crippen MR) is 65.8 cm³/mol. The highest BCUT2D eigenvalue weighted by molar-refractivity contribution is 5.31. The van der Waals surface area contributed by atoms with E-state index < -0.39 is 0 Å².